The van der Waals surface area contributed by atoms with E-state index in [0.29, 0.717) is 5.56 Å². The second-order valence-electron chi connectivity index (χ2n) is 5.26. The van der Waals surface area contributed by atoms with Crippen molar-refractivity contribution in [3.05, 3.63) is 47.5 Å². The zero-order valence-corrected chi connectivity index (χ0v) is 11.9. The first kappa shape index (κ1) is 14.3. The Bertz CT molecular complexity index is 673. The number of fused-ring (bicyclic) bond motifs is 1. The Labute approximate surface area is 118 Å². The number of benzene rings is 2. The lowest BCUT2D eigenvalue weighted by molar-refractivity contribution is -0.142. The molecule has 3 nitrogen and oxygen atoms in total. The first-order chi connectivity index (χ1) is 9.43. The average Bonchev–Trinajstić information content (AvgIpc) is 2.45. The number of carbonyl (C=O) groups is 2. The van der Waals surface area contributed by atoms with Gasteiger partial charge in [0.2, 0.25) is 0 Å². The molecule has 0 aliphatic carbocycles. The molecule has 2 aromatic rings. The van der Waals surface area contributed by atoms with Crippen LogP contribution in [0.2, 0.25) is 0 Å². The van der Waals surface area contributed by atoms with Crippen LogP contribution in [0.3, 0.4) is 0 Å². The predicted octanol–water partition coefficient (Wildman–Crippen LogP) is 3.69. The van der Waals surface area contributed by atoms with Crippen molar-refractivity contribution < 1.29 is 14.7 Å². The second kappa shape index (κ2) is 5.45. The second-order valence-corrected chi connectivity index (χ2v) is 5.26. The topological polar surface area (TPSA) is 54.4 Å². The van der Waals surface area contributed by atoms with Crippen molar-refractivity contribution in [2.75, 3.05) is 0 Å². The van der Waals surface area contributed by atoms with E-state index in [-0.39, 0.29) is 5.78 Å². The highest BCUT2D eigenvalue weighted by Gasteiger charge is 2.27. The quantitative estimate of drug-likeness (QED) is 0.862. The minimum Gasteiger partial charge on any atom is -0.481 e. The van der Waals surface area contributed by atoms with Crippen LogP contribution >= 0.6 is 0 Å². The standard InChI is InChI=1S/C17H18O3/c1-10-8-9-15(14-7-5-4-6-13(10)14)16(18)11(2)12(3)17(19)20/h4-9,11-12H,1-3H3,(H,19,20). The maximum Gasteiger partial charge on any atom is 0.306 e. The summed E-state index contributed by atoms with van der Waals surface area (Å²) in [6.07, 6.45) is 0. The van der Waals surface area contributed by atoms with E-state index in [1.165, 1.54) is 0 Å². The summed E-state index contributed by atoms with van der Waals surface area (Å²) >= 11 is 0. The molecule has 0 bridgehead atoms. The van der Waals surface area contributed by atoms with Gasteiger partial charge in [0.05, 0.1) is 5.92 Å². The molecule has 0 spiro atoms. The fourth-order valence-corrected chi connectivity index (χ4v) is 2.35. The van der Waals surface area contributed by atoms with Crippen molar-refractivity contribution in [3.63, 3.8) is 0 Å². The van der Waals surface area contributed by atoms with Gasteiger partial charge in [0, 0.05) is 11.5 Å². The lowest BCUT2D eigenvalue weighted by atomic mass is 9.86. The highest BCUT2D eigenvalue weighted by atomic mass is 16.4. The van der Waals surface area contributed by atoms with Crippen LogP contribution < -0.4 is 0 Å². The van der Waals surface area contributed by atoms with E-state index in [1.54, 1.807) is 19.9 Å². The summed E-state index contributed by atoms with van der Waals surface area (Å²) in [5.74, 6) is -2.29. The number of aryl methyl sites for hydroxylation is 1. The maximum absolute atomic E-state index is 12.6. The molecule has 0 fully saturated rings. The average molecular weight is 270 g/mol. The van der Waals surface area contributed by atoms with Gasteiger partial charge in [0.15, 0.2) is 5.78 Å². The van der Waals surface area contributed by atoms with Crippen LogP contribution in [0.5, 0.6) is 0 Å². The summed E-state index contributed by atoms with van der Waals surface area (Å²) in [5, 5.41) is 11.0. The van der Waals surface area contributed by atoms with E-state index >= 15 is 0 Å². The van der Waals surface area contributed by atoms with Crippen molar-refractivity contribution in [1.29, 1.82) is 0 Å². The van der Waals surface area contributed by atoms with Crippen LogP contribution in [0, 0.1) is 18.8 Å². The van der Waals surface area contributed by atoms with E-state index in [9.17, 15) is 9.59 Å². The Kier molecular flexibility index (Phi) is 3.89. The summed E-state index contributed by atoms with van der Waals surface area (Å²) in [6.45, 7) is 5.25. The molecule has 0 aromatic heterocycles. The summed E-state index contributed by atoms with van der Waals surface area (Å²) in [5.41, 5.74) is 1.71. The number of carbonyl (C=O) groups excluding carboxylic acids is 1. The van der Waals surface area contributed by atoms with E-state index in [2.05, 4.69) is 0 Å². The third kappa shape index (κ3) is 2.44. The van der Waals surface area contributed by atoms with Crippen LogP contribution in [0.25, 0.3) is 10.8 Å². The van der Waals surface area contributed by atoms with Gasteiger partial charge in [-0.1, -0.05) is 50.2 Å². The van der Waals surface area contributed by atoms with Gasteiger partial charge in [-0.3, -0.25) is 9.59 Å². The molecular weight excluding hydrogens is 252 g/mol. The van der Waals surface area contributed by atoms with E-state index < -0.39 is 17.8 Å². The van der Waals surface area contributed by atoms with Crippen molar-refractivity contribution in [2.24, 2.45) is 11.8 Å². The minimum absolute atomic E-state index is 0.115. The third-order valence-corrected chi connectivity index (χ3v) is 3.96. The van der Waals surface area contributed by atoms with E-state index in [1.807, 2.05) is 37.3 Å². The van der Waals surface area contributed by atoms with Gasteiger partial charge in [-0.05, 0) is 23.3 Å². The highest BCUT2D eigenvalue weighted by molar-refractivity contribution is 6.10. The van der Waals surface area contributed by atoms with Crippen molar-refractivity contribution >= 4 is 22.5 Å². The molecule has 0 aliphatic heterocycles. The molecule has 0 heterocycles. The maximum atomic E-state index is 12.6. The monoisotopic (exact) mass is 270 g/mol. The fourth-order valence-electron chi connectivity index (χ4n) is 2.35. The van der Waals surface area contributed by atoms with Gasteiger partial charge >= 0.3 is 5.97 Å². The van der Waals surface area contributed by atoms with Gasteiger partial charge in [-0.15, -0.1) is 0 Å². The number of hydrogen-bond donors (Lipinski definition) is 1. The van der Waals surface area contributed by atoms with E-state index in [0.717, 1.165) is 16.3 Å². The molecule has 0 aliphatic rings. The molecule has 1 N–H and O–H groups in total. The van der Waals surface area contributed by atoms with Crippen LogP contribution in [0.1, 0.15) is 29.8 Å². The van der Waals surface area contributed by atoms with Gasteiger partial charge in [0.1, 0.15) is 0 Å². The molecule has 3 heteroatoms. The Morgan fingerprint density at radius 3 is 2.15 bits per heavy atom. The predicted molar refractivity (Wildman–Crippen MR) is 79.0 cm³/mol. The Morgan fingerprint density at radius 2 is 1.55 bits per heavy atom. The molecule has 0 saturated heterocycles. The first-order valence-corrected chi connectivity index (χ1v) is 6.69. The molecule has 2 aromatic carbocycles. The molecule has 0 amide bonds. The van der Waals surface area contributed by atoms with E-state index in [4.69, 9.17) is 5.11 Å². The Hall–Kier alpha value is -2.16. The molecule has 2 unspecified atom stereocenters. The van der Waals surface area contributed by atoms with Gasteiger partial charge in [-0.25, -0.2) is 0 Å². The number of aliphatic carboxylic acids is 1. The molecular formula is C17H18O3. The van der Waals surface area contributed by atoms with Gasteiger partial charge in [0.25, 0.3) is 0 Å². The fraction of sp³-hybridized carbons (Fsp3) is 0.294. The van der Waals surface area contributed by atoms with Crippen LogP contribution in [0.15, 0.2) is 36.4 Å². The van der Waals surface area contributed by atoms with Crippen molar-refractivity contribution in [2.45, 2.75) is 20.8 Å². The number of ketones is 1. The van der Waals surface area contributed by atoms with Crippen LogP contribution in [-0.4, -0.2) is 16.9 Å². The Morgan fingerprint density at radius 1 is 0.950 bits per heavy atom. The third-order valence-electron chi connectivity index (χ3n) is 3.96. The minimum atomic E-state index is -0.942. The summed E-state index contributed by atoms with van der Waals surface area (Å²) in [4.78, 5) is 23.6. The largest absolute Gasteiger partial charge is 0.481 e. The lowest BCUT2D eigenvalue weighted by Gasteiger charge is -2.16. The molecule has 20 heavy (non-hydrogen) atoms. The smallest absolute Gasteiger partial charge is 0.306 e. The number of hydrogen-bond acceptors (Lipinski definition) is 2. The SMILES string of the molecule is Cc1ccc(C(=O)C(C)C(C)C(=O)O)c2ccccc12. The number of carboxylic acid groups (broad SMARTS) is 1. The van der Waals surface area contributed by atoms with Crippen LogP contribution in [-0.2, 0) is 4.79 Å². The Balaban J connectivity index is 2.51. The summed E-state index contributed by atoms with van der Waals surface area (Å²) in [7, 11) is 0. The van der Waals surface area contributed by atoms with Gasteiger partial charge < -0.3 is 5.11 Å². The lowest BCUT2D eigenvalue weighted by Crippen LogP contribution is -2.25. The molecule has 2 atom stereocenters. The zero-order valence-electron chi connectivity index (χ0n) is 11.9. The molecule has 2 rings (SSSR count). The zero-order chi connectivity index (χ0) is 14.9. The first-order valence-electron chi connectivity index (χ1n) is 6.69. The number of rotatable bonds is 4. The molecule has 104 valence electrons. The van der Waals surface area contributed by atoms with Gasteiger partial charge in [-0.2, -0.15) is 0 Å². The summed E-state index contributed by atoms with van der Waals surface area (Å²) in [6, 6.07) is 11.4. The normalized spacial score (nSPS) is 13.9. The summed E-state index contributed by atoms with van der Waals surface area (Å²) < 4.78 is 0. The highest BCUT2D eigenvalue weighted by Crippen LogP contribution is 2.26. The van der Waals surface area contributed by atoms with Crippen molar-refractivity contribution in [3.8, 4) is 0 Å². The van der Waals surface area contributed by atoms with Crippen molar-refractivity contribution in [1.82, 2.24) is 0 Å². The number of carboxylic acids is 1. The molecule has 0 saturated carbocycles. The number of Topliss-reactive ketones (excluding diaryl/α,β-unsaturated/α-hetero) is 1. The van der Waals surface area contributed by atoms with Crippen LogP contribution in [0.4, 0.5) is 0 Å². The molecule has 0 radical (unpaired) electrons.